The Morgan fingerprint density at radius 2 is 1.79 bits per heavy atom. The van der Waals surface area contributed by atoms with Gasteiger partial charge in [0.2, 0.25) is 5.95 Å². The summed E-state index contributed by atoms with van der Waals surface area (Å²) in [5.74, 6) is 0.333. The van der Waals surface area contributed by atoms with Gasteiger partial charge >= 0.3 is 29.6 Å². The van der Waals surface area contributed by atoms with E-state index in [4.69, 9.17) is 0 Å². The zero-order valence-corrected chi connectivity index (χ0v) is 24.2. The van der Waals surface area contributed by atoms with Crippen molar-refractivity contribution in [3.05, 3.63) is 95.9 Å². The van der Waals surface area contributed by atoms with E-state index in [9.17, 15) is 4.79 Å². The Labute approximate surface area is 247 Å². The zero-order valence-electron chi connectivity index (χ0n) is 23.2. The molecule has 0 bridgehead atoms. The number of carbonyl (C=O) groups excluding carboxylic acids is 1. The molecule has 38 heavy (non-hydrogen) atoms. The maximum atomic E-state index is 12.9. The molecule has 4 aromatic rings. The summed E-state index contributed by atoms with van der Waals surface area (Å²) in [4.78, 5) is 30.9. The summed E-state index contributed by atoms with van der Waals surface area (Å²) in [6.45, 7) is 7.24. The Morgan fingerprint density at radius 3 is 2.53 bits per heavy atom. The molecule has 0 atom stereocenters. The van der Waals surface area contributed by atoms with Crippen LogP contribution in [0.1, 0.15) is 22.9 Å². The van der Waals surface area contributed by atoms with Gasteiger partial charge in [-0.3, -0.25) is 14.7 Å². The van der Waals surface area contributed by atoms with Crippen LogP contribution in [0.25, 0.3) is 11.3 Å². The molecule has 1 saturated heterocycles. The van der Waals surface area contributed by atoms with E-state index >= 15 is 0 Å². The molecule has 1 aliphatic heterocycles. The van der Waals surface area contributed by atoms with Crippen molar-refractivity contribution in [2.75, 3.05) is 43.9 Å². The summed E-state index contributed by atoms with van der Waals surface area (Å²) in [5, 5.41) is 6.29. The van der Waals surface area contributed by atoms with Crippen molar-refractivity contribution in [1.29, 1.82) is 0 Å². The third kappa shape index (κ3) is 7.24. The number of nitrogens with zero attached hydrogens (tertiary/aromatic N) is 5. The number of amides is 1. The fourth-order valence-corrected chi connectivity index (χ4v) is 4.28. The molecule has 5 rings (SSSR count). The first kappa shape index (κ1) is 27.9. The SMILES string of the molecule is Cc1ccc(NC(=O)c2ccc(CN3CCN(C)CC3)cc2)cc1Nc1nccc(-c2cccnc2)n1.[H-].[Na+]. The van der Waals surface area contributed by atoms with Crippen LogP contribution in [0.15, 0.2) is 79.3 Å². The molecule has 1 amide bonds. The summed E-state index contributed by atoms with van der Waals surface area (Å²) in [6.07, 6.45) is 5.22. The minimum Gasteiger partial charge on any atom is -1.00 e. The molecule has 190 valence electrons. The van der Waals surface area contributed by atoms with Crippen LogP contribution in [-0.2, 0) is 6.54 Å². The first-order valence-corrected chi connectivity index (χ1v) is 12.5. The van der Waals surface area contributed by atoms with E-state index in [1.165, 1.54) is 5.56 Å². The van der Waals surface area contributed by atoms with Gasteiger partial charge in [-0.2, -0.15) is 0 Å². The Bertz CT molecular complexity index is 1360. The molecular weight excluding hydrogens is 485 g/mol. The molecule has 0 aliphatic carbocycles. The first-order valence-electron chi connectivity index (χ1n) is 12.5. The van der Waals surface area contributed by atoms with Gasteiger partial charge in [0.25, 0.3) is 5.91 Å². The van der Waals surface area contributed by atoms with Crippen LogP contribution in [0.2, 0.25) is 0 Å². The van der Waals surface area contributed by atoms with Crippen molar-refractivity contribution in [2.24, 2.45) is 0 Å². The molecule has 0 spiro atoms. The maximum Gasteiger partial charge on any atom is 1.00 e. The van der Waals surface area contributed by atoms with E-state index in [1.807, 2.05) is 67.6 Å². The maximum absolute atomic E-state index is 12.9. The molecule has 3 heterocycles. The van der Waals surface area contributed by atoms with Crippen LogP contribution in [0.4, 0.5) is 17.3 Å². The van der Waals surface area contributed by atoms with Gasteiger partial charge in [-0.1, -0.05) is 18.2 Å². The molecular formula is C29H32N7NaO. The van der Waals surface area contributed by atoms with Gasteiger partial charge in [0.15, 0.2) is 0 Å². The second-order valence-electron chi connectivity index (χ2n) is 9.39. The minimum atomic E-state index is -0.143. The molecule has 2 aromatic carbocycles. The number of aryl methyl sites for hydroxylation is 1. The second kappa shape index (κ2) is 13.1. The van der Waals surface area contributed by atoms with E-state index in [1.54, 1.807) is 18.6 Å². The number of benzene rings is 2. The number of likely N-dealkylation sites (N-methyl/N-ethyl adjacent to an activating group) is 1. The standard InChI is InChI=1S/C29H31N7O.Na.H/c1-21-5-10-25(18-27(21)34-29-31-13-11-26(33-29)24-4-3-12-30-19-24)32-28(37)23-8-6-22(7-9-23)20-36-16-14-35(2)15-17-36;;/h3-13,18-19H,14-17,20H2,1-2H3,(H,32,37)(H,31,33,34);;/q;+1;-1. The van der Waals surface area contributed by atoms with Crippen molar-refractivity contribution in [3.8, 4) is 11.3 Å². The van der Waals surface area contributed by atoms with Crippen molar-refractivity contribution in [3.63, 3.8) is 0 Å². The molecule has 1 aliphatic rings. The summed E-state index contributed by atoms with van der Waals surface area (Å²) in [5.41, 5.74) is 6.08. The normalized spacial score (nSPS) is 13.9. The van der Waals surface area contributed by atoms with Crippen molar-refractivity contribution in [2.45, 2.75) is 13.5 Å². The fourth-order valence-electron chi connectivity index (χ4n) is 4.28. The van der Waals surface area contributed by atoms with Crippen molar-refractivity contribution >= 4 is 23.2 Å². The average molecular weight is 518 g/mol. The third-order valence-electron chi connectivity index (χ3n) is 6.57. The van der Waals surface area contributed by atoms with Gasteiger partial charge in [0.1, 0.15) is 0 Å². The molecule has 1 fully saturated rings. The van der Waals surface area contributed by atoms with E-state index in [0.29, 0.717) is 17.2 Å². The summed E-state index contributed by atoms with van der Waals surface area (Å²) >= 11 is 0. The van der Waals surface area contributed by atoms with Crippen molar-refractivity contribution in [1.82, 2.24) is 24.8 Å². The number of anilines is 3. The summed E-state index contributed by atoms with van der Waals surface area (Å²) < 4.78 is 0. The van der Waals surface area contributed by atoms with Gasteiger partial charge in [0, 0.05) is 73.8 Å². The Balaban J connectivity index is 0.00000210. The smallest absolute Gasteiger partial charge is 1.00 e. The van der Waals surface area contributed by atoms with Crippen LogP contribution in [0.5, 0.6) is 0 Å². The zero-order chi connectivity index (χ0) is 25.6. The number of nitrogens with one attached hydrogen (secondary N) is 2. The van der Waals surface area contributed by atoms with E-state index < -0.39 is 0 Å². The fraction of sp³-hybridized carbons (Fsp3) is 0.241. The van der Waals surface area contributed by atoms with E-state index in [0.717, 1.165) is 55.2 Å². The molecule has 0 radical (unpaired) electrons. The first-order chi connectivity index (χ1) is 18.0. The number of aromatic nitrogens is 3. The Morgan fingerprint density at radius 1 is 1.00 bits per heavy atom. The molecule has 0 saturated carbocycles. The second-order valence-corrected chi connectivity index (χ2v) is 9.39. The third-order valence-corrected chi connectivity index (χ3v) is 6.57. The van der Waals surface area contributed by atoms with Gasteiger partial charge in [-0.25, -0.2) is 9.97 Å². The molecule has 2 aromatic heterocycles. The molecule has 0 unspecified atom stereocenters. The largest absolute Gasteiger partial charge is 1.00 e. The number of hydrogen-bond acceptors (Lipinski definition) is 7. The van der Waals surface area contributed by atoms with E-state index in [2.05, 4.69) is 42.4 Å². The van der Waals surface area contributed by atoms with Crippen LogP contribution in [0, 0.1) is 6.92 Å². The topological polar surface area (TPSA) is 86.3 Å². The predicted molar refractivity (Wildman–Crippen MR) is 148 cm³/mol. The Hall–Kier alpha value is -3.14. The summed E-state index contributed by atoms with van der Waals surface area (Å²) in [7, 11) is 2.16. The number of hydrogen-bond donors (Lipinski definition) is 2. The monoisotopic (exact) mass is 517 g/mol. The minimum absolute atomic E-state index is 0. The van der Waals surface area contributed by atoms with Crippen LogP contribution < -0.4 is 40.2 Å². The Kier molecular flexibility index (Phi) is 9.60. The summed E-state index contributed by atoms with van der Waals surface area (Å²) in [6, 6.07) is 19.3. The number of carbonyl (C=O) groups is 1. The van der Waals surface area contributed by atoms with Crippen LogP contribution in [0.3, 0.4) is 0 Å². The molecule has 8 nitrogen and oxygen atoms in total. The van der Waals surface area contributed by atoms with Crippen LogP contribution in [-0.4, -0.2) is 63.9 Å². The van der Waals surface area contributed by atoms with Crippen LogP contribution >= 0.6 is 0 Å². The predicted octanol–water partition coefficient (Wildman–Crippen LogP) is 1.71. The van der Waals surface area contributed by atoms with Gasteiger partial charge < -0.3 is 17.0 Å². The van der Waals surface area contributed by atoms with Gasteiger partial charge in [-0.05, 0) is 67.6 Å². The van der Waals surface area contributed by atoms with Crippen molar-refractivity contribution < 1.29 is 35.8 Å². The average Bonchev–Trinajstić information content (AvgIpc) is 2.93. The van der Waals surface area contributed by atoms with Gasteiger partial charge in [0.05, 0.1) is 5.69 Å². The quantitative estimate of drug-likeness (QED) is 0.361. The molecule has 2 N–H and O–H groups in total. The number of pyridine rings is 1. The molecule has 9 heteroatoms. The van der Waals surface area contributed by atoms with Gasteiger partial charge in [-0.15, -0.1) is 0 Å². The number of rotatable bonds is 7. The number of piperazine rings is 1. The van der Waals surface area contributed by atoms with E-state index in [-0.39, 0.29) is 36.9 Å².